The Morgan fingerprint density at radius 3 is 2.33 bits per heavy atom. The van der Waals surface area contributed by atoms with Crippen molar-refractivity contribution in [3.63, 3.8) is 0 Å². The second-order valence-electron chi connectivity index (χ2n) is 6.66. The van der Waals surface area contributed by atoms with Gasteiger partial charge in [0.1, 0.15) is 11.7 Å². The fourth-order valence-electron chi connectivity index (χ4n) is 1.79. The average Bonchev–Trinajstić information content (AvgIpc) is 2.74. The minimum absolute atomic E-state index is 0.330. The normalized spacial score (nSPS) is 20.8. The van der Waals surface area contributed by atoms with Gasteiger partial charge in [0, 0.05) is 6.42 Å². The van der Waals surface area contributed by atoms with Gasteiger partial charge in [0.05, 0.1) is 18.8 Å². The van der Waals surface area contributed by atoms with E-state index in [1.54, 1.807) is 20.8 Å². The fourth-order valence-corrected chi connectivity index (χ4v) is 1.79. The van der Waals surface area contributed by atoms with Crippen LogP contribution in [0.5, 0.6) is 0 Å². The lowest BCUT2D eigenvalue weighted by Gasteiger charge is -2.30. The predicted octanol–water partition coefficient (Wildman–Crippen LogP) is 0.983. The standard InChI is InChI=1S/C14H25NO6/c1-13(2,3)21-12(17)15-10(14(4,5)18)11(16)20-9-6-7-19-8-9/h9-10,18H,6-8H2,1-5H3,(H,15,17). The summed E-state index contributed by atoms with van der Waals surface area (Å²) in [6, 6.07) is -1.21. The monoisotopic (exact) mass is 303 g/mol. The zero-order chi connectivity index (χ0) is 16.3. The average molecular weight is 303 g/mol. The Morgan fingerprint density at radius 2 is 1.90 bits per heavy atom. The highest BCUT2D eigenvalue weighted by atomic mass is 16.6. The van der Waals surface area contributed by atoms with Gasteiger partial charge in [0.15, 0.2) is 6.04 Å². The van der Waals surface area contributed by atoms with E-state index in [1.165, 1.54) is 13.8 Å². The number of rotatable bonds is 4. The Bertz CT molecular complexity index is 376. The minimum Gasteiger partial charge on any atom is -0.458 e. The quantitative estimate of drug-likeness (QED) is 0.752. The van der Waals surface area contributed by atoms with E-state index < -0.39 is 29.3 Å². The first kappa shape index (κ1) is 17.7. The van der Waals surface area contributed by atoms with Crippen LogP contribution in [0.15, 0.2) is 0 Å². The number of carbonyl (C=O) groups is 2. The zero-order valence-corrected chi connectivity index (χ0v) is 13.3. The van der Waals surface area contributed by atoms with Crippen molar-refractivity contribution >= 4 is 12.1 Å². The number of nitrogens with one attached hydrogen (secondary N) is 1. The van der Waals surface area contributed by atoms with Crippen molar-refractivity contribution in [3.8, 4) is 0 Å². The van der Waals surface area contributed by atoms with E-state index in [0.29, 0.717) is 19.6 Å². The van der Waals surface area contributed by atoms with Crippen molar-refractivity contribution in [3.05, 3.63) is 0 Å². The topological polar surface area (TPSA) is 94.1 Å². The van der Waals surface area contributed by atoms with Gasteiger partial charge >= 0.3 is 12.1 Å². The van der Waals surface area contributed by atoms with Crippen LogP contribution in [-0.4, -0.2) is 53.7 Å². The molecule has 1 aliphatic heterocycles. The molecule has 0 saturated carbocycles. The summed E-state index contributed by atoms with van der Waals surface area (Å²) in [5.41, 5.74) is -2.18. The maximum atomic E-state index is 12.1. The van der Waals surface area contributed by atoms with Crippen LogP contribution in [0.25, 0.3) is 0 Å². The van der Waals surface area contributed by atoms with Gasteiger partial charge in [-0.05, 0) is 34.6 Å². The minimum atomic E-state index is -1.48. The number of ether oxygens (including phenoxy) is 3. The molecule has 1 aliphatic rings. The first-order valence-corrected chi connectivity index (χ1v) is 6.99. The summed E-state index contributed by atoms with van der Waals surface area (Å²) in [6.07, 6.45) is -0.520. The van der Waals surface area contributed by atoms with Crippen LogP contribution in [0.4, 0.5) is 4.79 Å². The molecule has 0 spiro atoms. The smallest absolute Gasteiger partial charge is 0.408 e. The third kappa shape index (κ3) is 6.31. The molecule has 0 aliphatic carbocycles. The molecule has 122 valence electrons. The highest BCUT2D eigenvalue weighted by Gasteiger charge is 2.38. The molecule has 1 rings (SSSR count). The Kier molecular flexibility index (Phi) is 5.58. The highest BCUT2D eigenvalue weighted by molar-refractivity contribution is 5.82. The molecular weight excluding hydrogens is 278 g/mol. The second-order valence-corrected chi connectivity index (χ2v) is 6.66. The van der Waals surface area contributed by atoms with Crippen molar-refractivity contribution in [2.45, 2.75) is 64.4 Å². The van der Waals surface area contributed by atoms with Crippen molar-refractivity contribution in [1.82, 2.24) is 5.32 Å². The lowest BCUT2D eigenvalue weighted by atomic mass is 9.99. The van der Waals surface area contributed by atoms with Crippen LogP contribution in [0, 0.1) is 0 Å². The SMILES string of the molecule is CC(C)(C)OC(=O)NC(C(=O)OC1CCOC1)C(C)(C)O. The van der Waals surface area contributed by atoms with E-state index in [9.17, 15) is 14.7 Å². The lowest BCUT2D eigenvalue weighted by molar-refractivity contribution is -0.157. The Balaban J connectivity index is 2.67. The van der Waals surface area contributed by atoms with Crippen LogP contribution < -0.4 is 5.32 Å². The van der Waals surface area contributed by atoms with E-state index >= 15 is 0 Å². The predicted molar refractivity (Wildman–Crippen MR) is 74.8 cm³/mol. The van der Waals surface area contributed by atoms with Gasteiger partial charge in [0.2, 0.25) is 0 Å². The summed E-state index contributed by atoms with van der Waals surface area (Å²) in [4.78, 5) is 23.9. The zero-order valence-electron chi connectivity index (χ0n) is 13.3. The summed E-state index contributed by atoms with van der Waals surface area (Å²) in [6.45, 7) is 8.82. The number of amides is 1. The van der Waals surface area contributed by atoms with Crippen molar-refractivity contribution in [1.29, 1.82) is 0 Å². The number of aliphatic hydroxyl groups is 1. The van der Waals surface area contributed by atoms with Crippen molar-refractivity contribution in [2.75, 3.05) is 13.2 Å². The molecule has 21 heavy (non-hydrogen) atoms. The van der Waals surface area contributed by atoms with Gasteiger partial charge in [-0.1, -0.05) is 0 Å². The summed E-state index contributed by atoms with van der Waals surface area (Å²) in [5.74, 6) is -0.705. The fraction of sp³-hybridized carbons (Fsp3) is 0.857. The number of alkyl carbamates (subject to hydrolysis) is 1. The van der Waals surface area contributed by atoms with E-state index in [4.69, 9.17) is 14.2 Å². The molecule has 2 atom stereocenters. The maximum Gasteiger partial charge on any atom is 0.408 e. The van der Waals surface area contributed by atoms with E-state index in [2.05, 4.69) is 5.32 Å². The molecular formula is C14H25NO6. The molecule has 0 aromatic heterocycles. The third-order valence-corrected chi connectivity index (χ3v) is 2.77. The first-order valence-electron chi connectivity index (χ1n) is 6.99. The molecule has 1 saturated heterocycles. The van der Waals surface area contributed by atoms with Gasteiger partial charge in [-0.25, -0.2) is 9.59 Å². The molecule has 0 bridgehead atoms. The van der Waals surface area contributed by atoms with Crippen LogP contribution in [0.1, 0.15) is 41.0 Å². The van der Waals surface area contributed by atoms with Crippen molar-refractivity contribution < 1.29 is 28.9 Å². The Hall–Kier alpha value is -1.34. The molecule has 1 heterocycles. The van der Waals surface area contributed by atoms with Gasteiger partial charge in [0.25, 0.3) is 0 Å². The van der Waals surface area contributed by atoms with Gasteiger partial charge in [-0.15, -0.1) is 0 Å². The van der Waals surface area contributed by atoms with E-state index in [1.807, 2.05) is 0 Å². The second kappa shape index (κ2) is 6.62. The molecule has 2 unspecified atom stereocenters. The van der Waals surface area contributed by atoms with Gasteiger partial charge < -0.3 is 24.6 Å². The molecule has 1 amide bonds. The van der Waals surface area contributed by atoms with E-state index in [-0.39, 0.29) is 6.10 Å². The maximum absolute atomic E-state index is 12.1. The number of esters is 1. The molecule has 0 radical (unpaired) electrons. The number of hydrogen-bond donors (Lipinski definition) is 2. The molecule has 7 heteroatoms. The lowest BCUT2D eigenvalue weighted by Crippen LogP contribution is -2.56. The number of hydrogen-bond acceptors (Lipinski definition) is 6. The first-order chi connectivity index (χ1) is 9.49. The molecule has 7 nitrogen and oxygen atoms in total. The molecule has 0 aromatic rings. The van der Waals surface area contributed by atoms with E-state index in [0.717, 1.165) is 0 Å². The van der Waals surface area contributed by atoms with Crippen LogP contribution >= 0.6 is 0 Å². The summed E-state index contributed by atoms with van der Waals surface area (Å²) >= 11 is 0. The molecule has 0 aromatic carbocycles. The third-order valence-electron chi connectivity index (χ3n) is 2.77. The number of carbonyl (C=O) groups excluding carboxylic acids is 2. The van der Waals surface area contributed by atoms with Crippen LogP contribution in [0.2, 0.25) is 0 Å². The molecule has 1 fully saturated rings. The van der Waals surface area contributed by atoms with Gasteiger partial charge in [-0.2, -0.15) is 0 Å². The van der Waals surface area contributed by atoms with Gasteiger partial charge in [-0.3, -0.25) is 0 Å². The summed E-state index contributed by atoms with van der Waals surface area (Å²) in [5, 5.41) is 12.4. The summed E-state index contributed by atoms with van der Waals surface area (Å²) < 4.78 is 15.4. The largest absolute Gasteiger partial charge is 0.458 e. The highest BCUT2D eigenvalue weighted by Crippen LogP contribution is 2.16. The summed E-state index contributed by atoms with van der Waals surface area (Å²) in [7, 11) is 0. The van der Waals surface area contributed by atoms with Crippen LogP contribution in [0.3, 0.4) is 0 Å². The Morgan fingerprint density at radius 1 is 1.29 bits per heavy atom. The van der Waals surface area contributed by atoms with Crippen molar-refractivity contribution in [2.24, 2.45) is 0 Å². The van der Waals surface area contributed by atoms with Crippen LogP contribution in [-0.2, 0) is 19.0 Å². The Labute approximate surface area is 124 Å². The molecule has 2 N–H and O–H groups in total.